The van der Waals surface area contributed by atoms with Gasteiger partial charge in [0, 0.05) is 22.8 Å². The first-order valence-electron chi connectivity index (χ1n) is 4.32. The summed E-state index contributed by atoms with van der Waals surface area (Å²) >= 11 is 9.56. The van der Waals surface area contributed by atoms with Crippen molar-refractivity contribution in [1.29, 1.82) is 0 Å². The molecular weight excluding hydrogens is 257 g/mol. The van der Waals surface area contributed by atoms with Gasteiger partial charge in [0.1, 0.15) is 0 Å². The van der Waals surface area contributed by atoms with Gasteiger partial charge in [-0.25, -0.2) is 4.72 Å². The Hall–Kier alpha value is -0.130. The zero-order valence-electron chi connectivity index (χ0n) is 7.78. The summed E-state index contributed by atoms with van der Waals surface area (Å²) in [5, 5.41) is 0.444. The van der Waals surface area contributed by atoms with E-state index in [1.165, 1.54) is 0 Å². The Balaban J connectivity index is 2.43. The van der Waals surface area contributed by atoms with Gasteiger partial charge in [0.2, 0.25) is 0 Å². The van der Waals surface area contributed by atoms with Crippen LogP contribution in [0.15, 0.2) is 24.3 Å². The summed E-state index contributed by atoms with van der Waals surface area (Å²) in [5.74, 6) is 0. The predicted octanol–water partition coefficient (Wildman–Crippen LogP) is 2.39. The molecule has 0 fully saturated rings. The maximum absolute atomic E-state index is 10.2. The maximum atomic E-state index is 10.2. The molecule has 0 aromatic heterocycles. The van der Waals surface area contributed by atoms with Crippen molar-refractivity contribution in [2.45, 2.75) is 11.8 Å². The highest BCUT2D eigenvalue weighted by Gasteiger charge is 2.06. The van der Waals surface area contributed by atoms with Gasteiger partial charge < -0.3 is 4.55 Å². The SMILES string of the molecule is O=S([O-])NCCC(Cl)c1ccc(Cl)cc1. The van der Waals surface area contributed by atoms with Gasteiger partial charge in [0.15, 0.2) is 0 Å². The Bertz CT molecular complexity index is 331. The van der Waals surface area contributed by atoms with Gasteiger partial charge in [-0.3, -0.25) is 4.21 Å². The van der Waals surface area contributed by atoms with E-state index in [0.717, 1.165) is 5.56 Å². The van der Waals surface area contributed by atoms with E-state index in [1.54, 1.807) is 12.1 Å². The highest BCUT2D eigenvalue weighted by Crippen LogP contribution is 2.24. The Morgan fingerprint density at radius 1 is 1.40 bits per heavy atom. The minimum atomic E-state index is -2.22. The van der Waals surface area contributed by atoms with Crippen LogP contribution >= 0.6 is 23.2 Å². The number of hydrogen-bond acceptors (Lipinski definition) is 2. The van der Waals surface area contributed by atoms with E-state index in [9.17, 15) is 8.76 Å². The van der Waals surface area contributed by atoms with Crippen LogP contribution in [0, 0.1) is 0 Å². The second kappa shape index (κ2) is 6.45. The van der Waals surface area contributed by atoms with Crippen LogP contribution < -0.4 is 4.72 Å². The van der Waals surface area contributed by atoms with E-state index in [1.807, 2.05) is 12.1 Å². The average molecular weight is 267 g/mol. The number of benzene rings is 1. The van der Waals surface area contributed by atoms with Crippen LogP contribution in [0.5, 0.6) is 0 Å². The lowest BCUT2D eigenvalue weighted by molar-refractivity contribution is 0.521. The average Bonchev–Trinajstić information content (AvgIpc) is 2.18. The van der Waals surface area contributed by atoms with Crippen LogP contribution in [0.4, 0.5) is 0 Å². The minimum absolute atomic E-state index is 0.210. The van der Waals surface area contributed by atoms with Gasteiger partial charge >= 0.3 is 0 Å². The number of rotatable bonds is 5. The fourth-order valence-electron chi connectivity index (χ4n) is 1.11. The molecule has 0 aliphatic carbocycles. The first-order valence-corrected chi connectivity index (χ1v) is 6.21. The fraction of sp³-hybridized carbons (Fsp3) is 0.333. The Morgan fingerprint density at radius 2 is 2.00 bits per heavy atom. The zero-order valence-corrected chi connectivity index (χ0v) is 10.1. The third-order valence-electron chi connectivity index (χ3n) is 1.85. The van der Waals surface area contributed by atoms with E-state index < -0.39 is 11.3 Å². The second-order valence-corrected chi connectivity index (χ2v) is 4.66. The van der Waals surface area contributed by atoms with Gasteiger partial charge in [-0.05, 0) is 24.1 Å². The molecule has 0 saturated heterocycles. The third kappa shape index (κ3) is 4.95. The molecule has 0 bridgehead atoms. The molecular formula is C9H10Cl2NO2S-. The summed E-state index contributed by atoms with van der Waals surface area (Å²) < 4.78 is 22.6. The van der Waals surface area contributed by atoms with Crippen molar-refractivity contribution in [1.82, 2.24) is 4.72 Å². The number of hydrogen-bond donors (Lipinski definition) is 1. The van der Waals surface area contributed by atoms with Gasteiger partial charge in [-0.2, -0.15) is 0 Å². The molecule has 0 spiro atoms. The first-order chi connectivity index (χ1) is 7.09. The topological polar surface area (TPSA) is 52.2 Å². The lowest BCUT2D eigenvalue weighted by atomic mass is 10.1. The monoisotopic (exact) mass is 266 g/mol. The molecule has 2 atom stereocenters. The Labute approximate surface area is 101 Å². The van der Waals surface area contributed by atoms with Crippen molar-refractivity contribution in [2.75, 3.05) is 6.54 Å². The number of halogens is 2. The van der Waals surface area contributed by atoms with Gasteiger partial charge in [0.25, 0.3) is 0 Å². The van der Waals surface area contributed by atoms with Gasteiger partial charge in [-0.15, -0.1) is 11.6 Å². The van der Waals surface area contributed by atoms with Crippen LogP contribution in [-0.4, -0.2) is 15.3 Å². The van der Waals surface area contributed by atoms with E-state index in [2.05, 4.69) is 4.72 Å². The van der Waals surface area contributed by atoms with Gasteiger partial charge in [0.05, 0.1) is 5.38 Å². The molecule has 1 aromatic carbocycles. The molecule has 6 heteroatoms. The summed E-state index contributed by atoms with van der Waals surface area (Å²) in [6.07, 6.45) is 0.539. The molecule has 84 valence electrons. The van der Waals surface area contributed by atoms with Crippen LogP contribution in [0.3, 0.4) is 0 Å². The highest BCUT2D eigenvalue weighted by molar-refractivity contribution is 7.77. The molecule has 1 N–H and O–H groups in total. The standard InChI is InChI=1S/C9H11Cl2NO2S/c10-8-3-1-7(2-4-8)9(11)5-6-12-15(13)14/h1-4,9,12H,5-6H2,(H,13,14)/p-1. The molecule has 15 heavy (non-hydrogen) atoms. The summed E-state index contributed by atoms with van der Waals surface area (Å²) in [7, 11) is 0. The fourth-order valence-corrected chi connectivity index (χ4v) is 1.77. The first kappa shape index (κ1) is 12.9. The molecule has 0 amide bonds. The van der Waals surface area contributed by atoms with Crippen LogP contribution in [0.2, 0.25) is 5.02 Å². The molecule has 0 aliphatic heterocycles. The van der Waals surface area contributed by atoms with Crippen molar-refractivity contribution in [3.8, 4) is 0 Å². The Kier molecular flexibility index (Phi) is 5.56. The summed E-state index contributed by atoms with van der Waals surface area (Å²) in [6, 6.07) is 7.17. The predicted molar refractivity (Wildman–Crippen MR) is 61.6 cm³/mol. The van der Waals surface area contributed by atoms with Crippen molar-refractivity contribution in [2.24, 2.45) is 0 Å². The lowest BCUT2D eigenvalue weighted by Crippen LogP contribution is -2.18. The maximum Gasteiger partial charge on any atom is 0.0597 e. The van der Waals surface area contributed by atoms with E-state index in [0.29, 0.717) is 18.0 Å². The van der Waals surface area contributed by atoms with E-state index >= 15 is 0 Å². The van der Waals surface area contributed by atoms with Crippen molar-refractivity contribution in [3.63, 3.8) is 0 Å². The lowest BCUT2D eigenvalue weighted by Gasteiger charge is -2.11. The molecule has 1 aromatic rings. The van der Waals surface area contributed by atoms with Gasteiger partial charge in [-0.1, -0.05) is 23.7 Å². The molecule has 0 aliphatic rings. The van der Waals surface area contributed by atoms with Crippen molar-refractivity contribution in [3.05, 3.63) is 34.9 Å². The minimum Gasteiger partial charge on any atom is -0.760 e. The number of alkyl halides is 1. The Morgan fingerprint density at radius 3 is 2.53 bits per heavy atom. The molecule has 0 radical (unpaired) electrons. The van der Waals surface area contributed by atoms with Crippen molar-refractivity contribution < 1.29 is 8.76 Å². The smallest absolute Gasteiger partial charge is 0.0597 e. The quantitative estimate of drug-likeness (QED) is 0.657. The molecule has 0 saturated carbocycles. The summed E-state index contributed by atoms with van der Waals surface area (Å²) in [6.45, 7) is 0.326. The molecule has 2 unspecified atom stereocenters. The number of nitrogens with one attached hydrogen (secondary N) is 1. The molecule has 0 heterocycles. The largest absolute Gasteiger partial charge is 0.760 e. The van der Waals surface area contributed by atoms with Crippen LogP contribution in [-0.2, 0) is 11.3 Å². The van der Waals surface area contributed by atoms with Crippen LogP contribution in [0.25, 0.3) is 0 Å². The highest BCUT2D eigenvalue weighted by atomic mass is 35.5. The molecule has 3 nitrogen and oxygen atoms in total. The van der Waals surface area contributed by atoms with Crippen molar-refractivity contribution >= 4 is 34.5 Å². The zero-order chi connectivity index (χ0) is 11.3. The molecule has 1 rings (SSSR count). The summed E-state index contributed by atoms with van der Waals surface area (Å²) in [5.41, 5.74) is 0.930. The summed E-state index contributed by atoms with van der Waals surface area (Å²) in [4.78, 5) is 0. The van der Waals surface area contributed by atoms with E-state index in [4.69, 9.17) is 23.2 Å². The second-order valence-electron chi connectivity index (χ2n) is 2.94. The van der Waals surface area contributed by atoms with Crippen LogP contribution in [0.1, 0.15) is 17.4 Å². The normalized spacial score (nSPS) is 14.9. The third-order valence-corrected chi connectivity index (χ3v) is 3.01. The van der Waals surface area contributed by atoms with E-state index in [-0.39, 0.29) is 5.38 Å².